The summed E-state index contributed by atoms with van der Waals surface area (Å²) in [5.41, 5.74) is 0.526. The molecule has 6 heteroatoms. The van der Waals surface area contributed by atoms with Gasteiger partial charge in [-0.05, 0) is 29.8 Å². The van der Waals surface area contributed by atoms with Crippen LogP contribution in [0.1, 0.15) is 5.56 Å². The first-order valence-electron chi connectivity index (χ1n) is 6.14. The summed E-state index contributed by atoms with van der Waals surface area (Å²) in [6.45, 7) is 4.32. The van der Waals surface area contributed by atoms with Crippen LogP contribution in [0.3, 0.4) is 0 Å². The average Bonchev–Trinajstić information content (AvgIpc) is 2.37. The van der Waals surface area contributed by atoms with E-state index in [1.54, 1.807) is 0 Å². The lowest BCUT2D eigenvalue weighted by Gasteiger charge is -2.37. The van der Waals surface area contributed by atoms with E-state index >= 15 is 0 Å². The van der Waals surface area contributed by atoms with Gasteiger partial charge in [-0.1, -0.05) is 18.2 Å². The van der Waals surface area contributed by atoms with Gasteiger partial charge in [0.15, 0.2) is 0 Å². The molecule has 1 heterocycles. The Morgan fingerprint density at radius 3 is 2.85 bits per heavy atom. The van der Waals surface area contributed by atoms with Crippen molar-refractivity contribution in [2.45, 2.75) is 6.54 Å². The number of carbonyl (C=O) groups is 2. The van der Waals surface area contributed by atoms with Crippen LogP contribution in [0, 0.1) is 11.7 Å². The highest BCUT2D eigenvalue weighted by molar-refractivity contribution is 6.31. The van der Waals surface area contributed by atoms with Crippen LogP contribution >= 0.6 is 11.6 Å². The monoisotopic (exact) mass is 296 g/mol. The fraction of sp³-hybridized carbons (Fsp3) is 0.286. The standard InChI is InChI=1S/C14H14ClFN2O2/c1-2-13(19)18-7-10(8-18)14(20)17-6-9-5-11(16)3-4-12(9)15/h2-5,10H,1,6-8H2,(H,17,20). The van der Waals surface area contributed by atoms with Gasteiger partial charge < -0.3 is 10.2 Å². The molecule has 1 aliphatic rings. The first kappa shape index (κ1) is 14.5. The number of likely N-dealkylation sites (tertiary alicyclic amines) is 1. The van der Waals surface area contributed by atoms with Crippen molar-refractivity contribution >= 4 is 23.4 Å². The van der Waals surface area contributed by atoms with Crippen LogP contribution in [-0.4, -0.2) is 29.8 Å². The zero-order chi connectivity index (χ0) is 14.7. The maximum atomic E-state index is 13.1. The molecule has 0 atom stereocenters. The third-order valence-electron chi connectivity index (χ3n) is 3.20. The summed E-state index contributed by atoms with van der Waals surface area (Å²) < 4.78 is 13.1. The first-order valence-corrected chi connectivity index (χ1v) is 6.52. The van der Waals surface area contributed by atoms with E-state index in [2.05, 4.69) is 11.9 Å². The number of hydrogen-bond acceptors (Lipinski definition) is 2. The summed E-state index contributed by atoms with van der Waals surface area (Å²) >= 11 is 5.91. The molecule has 0 bridgehead atoms. The second-order valence-corrected chi connectivity index (χ2v) is 5.01. The molecule has 0 radical (unpaired) electrons. The molecule has 0 aliphatic carbocycles. The van der Waals surface area contributed by atoms with Crippen molar-refractivity contribution in [3.05, 3.63) is 47.3 Å². The van der Waals surface area contributed by atoms with Crippen LogP contribution in [0.25, 0.3) is 0 Å². The molecule has 0 spiro atoms. The minimum Gasteiger partial charge on any atom is -0.352 e. The van der Waals surface area contributed by atoms with E-state index in [1.165, 1.54) is 29.2 Å². The molecule has 2 amide bonds. The minimum absolute atomic E-state index is 0.168. The molecule has 4 nitrogen and oxygen atoms in total. The van der Waals surface area contributed by atoms with Gasteiger partial charge in [0.2, 0.25) is 11.8 Å². The van der Waals surface area contributed by atoms with E-state index in [9.17, 15) is 14.0 Å². The van der Waals surface area contributed by atoms with Crippen molar-refractivity contribution in [3.63, 3.8) is 0 Å². The second-order valence-electron chi connectivity index (χ2n) is 4.60. The Balaban J connectivity index is 1.83. The van der Waals surface area contributed by atoms with E-state index in [0.717, 1.165) is 0 Å². The van der Waals surface area contributed by atoms with Crippen molar-refractivity contribution < 1.29 is 14.0 Å². The highest BCUT2D eigenvalue weighted by Crippen LogP contribution is 2.19. The highest BCUT2D eigenvalue weighted by atomic mass is 35.5. The molecule has 1 fully saturated rings. The van der Waals surface area contributed by atoms with Crippen molar-refractivity contribution in [2.24, 2.45) is 5.92 Å². The summed E-state index contributed by atoms with van der Waals surface area (Å²) in [7, 11) is 0. The fourth-order valence-corrected chi connectivity index (χ4v) is 2.14. The predicted molar refractivity (Wildman–Crippen MR) is 73.5 cm³/mol. The van der Waals surface area contributed by atoms with Crippen LogP contribution in [-0.2, 0) is 16.1 Å². The first-order chi connectivity index (χ1) is 9.51. The minimum atomic E-state index is -0.398. The molecule has 2 rings (SSSR count). The molecular weight excluding hydrogens is 283 g/mol. The van der Waals surface area contributed by atoms with Gasteiger partial charge >= 0.3 is 0 Å². The van der Waals surface area contributed by atoms with Crippen molar-refractivity contribution in [3.8, 4) is 0 Å². The molecular formula is C14H14ClFN2O2. The Morgan fingerprint density at radius 1 is 1.50 bits per heavy atom. The summed E-state index contributed by atoms with van der Waals surface area (Å²) in [6.07, 6.45) is 1.22. The van der Waals surface area contributed by atoms with Crippen LogP contribution in [0.2, 0.25) is 5.02 Å². The Labute approximate surface area is 121 Å². The lowest BCUT2D eigenvalue weighted by atomic mass is 9.99. The molecule has 1 aromatic rings. The molecule has 1 saturated heterocycles. The SMILES string of the molecule is C=CC(=O)N1CC(C(=O)NCc2cc(F)ccc2Cl)C1. The lowest BCUT2D eigenvalue weighted by Crippen LogP contribution is -2.55. The second kappa shape index (κ2) is 6.05. The lowest BCUT2D eigenvalue weighted by molar-refractivity contribution is -0.139. The molecule has 20 heavy (non-hydrogen) atoms. The van der Waals surface area contributed by atoms with Gasteiger partial charge in [0.05, 0.1) is 5.92 Å². The third kappa shape index (κ3) is 3.17. The Morgan fingerprint density at radius 2 is 2.20 bits per heavy atom. The van der Waals surface area contributed by atoms with Gasteiger partial charge in [-0.3, -0.25) is 9.59 Å². The van der Waals surface area contributed by atoms with Crippen LogP contribution in [0.5, 0.6) is 0 Å². The maximum absolute atomic E-state index is 13.1. The van der Waals surface area contributed by atoms with E-state index < -0.39 is 5.82 Å². The Bertz CT molecular complexity index is 556. The number of rotatable bonds is 4. The van der Waals surface area contributed by atoms with Gasteiger partial charge in [0.25, 0.3) is 0 Å². The summed E-state index contributed by atoms with van der Waals surface area (Å²) in [5, 5.41) is 3.10. The van der Waals surface area contributed by atoms with Crippen LogP contribution < -0.4 is 5.32 Å². The van der Waals surface area contributed by atoms with E-state index in [0.29, 0.717) is 23.7 Å². The number of nitrogens with one attached hydrogen (secondary N) is 1. The molecule has 1 aromatic carbocycles. The van der Waals surface area contributed by atoms with Crippen LogP contribution in [0.4, 0.5) is 4.39 Å². The quantitative estimate of drug-likeness (QED) is 0.861. The highest BCUT2D eigenvalue weighted by Gasteiger charge is 2.34. The molecule has 106 valence electrons. The van der Waals surface area contributed by atoms with Gasteiger partial charge in [0.1, 0.15) is 5.82 Å². The predicted octanol–water partition coefficient (Wildman–Crippen LogP) is 1.74. The van der Waals surface area contributed by atoms with E-state index in [4.69, 9.17) is 11.6 Å². The molecule has 1 aliphatic heterocycles. The topological polar surface area (TPSA) is 49.4 Å². The molecule has 0 saturated carbocycles. The number of benzene rings is 1. The van der Waals surface area contributed by atoms with Gasteiger partial charge in [-0.15, -0.1) is 0 Å². The summed E-state index contributed by atoms with van der Waals surface area (Å²) in [5.74, 6) is -0.975. The van der Waals surface area contributed by atoms with E-state index in [1.807, 2.05) is 0 Å². The number of halogens is 2. The normalized spacial score (nSPS) is 14.6. The number of nitrogens with zero attached hydrogens (tertiary/aromatic N) is 1. The van der Waals surface area contributed by atoms with Gasteiger partial charge in [-0.2, -0.15) is 0 Å². The zero-order valence-electron chi connectivity index (χ0n) is 10.7. The van der Waals surface area contributed by atoms with Gasteiger partial charge in [0, 0.05) is 24.7 Å². The smallest absolute Gasteiger partial charge is 0.246 e. The third-order valence-corrected chi connectivity index (χ3v) is 3.57. The molecule has 1 N–H and O–H groups in total. The summed E-state index contributed by atoms with van der Waals surface area (Å²) in [6, 6.07) is 4.00. The van der Waals surface area contributed by atoms with Gasteiger partial charge in [-0.25, -0.2) is 4.39 Å². The van der Waals surface area contributed by atoms with Crippen molar-refractivity contribution in [2.75, 3.05) is 13.1 Å². The van der Waals surface area contributed by atoms with Crippen LogP contribution in [0.15, 0.2) is 30.9 Å². The summed E-state index contributed by atoms with van der Waals surface area (Å²) in [4.78, 5) is 24.6. The number of carbonyl (C=O) groups excluding carboxylic acids is 2. The average molecular weight is 297 g/mol. The zero-order valence-corrected chi connectivity index (χ0v) is 11.5. The van der Waals surface area contributed by atoms with Crippen molar-refractivity contribution in [1.29, 1.82) is 0 Å². The molecule has 0 unspecified atom stereocenters. The number of amides is 2. The molecule has 0 aromatic heterocycles. The van der Waals surface area contributed by atoms with E-state index in [-0.39, 0.29) is 24.3 Å². The Hall–Kier alpha value is -1.88. The number of hydrogen-bond donors (Lipinski definition) is 1. The Kier molecular flexibility index (Phi) is 4.39. The fourth-order valence-electron chi connectivity index (χ4n) is 1.96. The largest absolute Gasteiger partial charge is 0.352 e. The maximum Gasteiger partial charge on any atom is 0.246 e. The van der Waals surface area contributed by atoms with Crippen molar-refractivity contribution in [1.82, 2.24) is 10.2 Å².